The molecule has 204 valence electrons. The van der Waals surface area contributed by atoms with Gasteiger partial charge >= 0.3 is 5.97 Å². The Balaban J connectivity index is 1.82. The summed E-state index contributed by atoms with van der Waals surface area (Å²) in [4.78, 5) is 44.2. The largest absolute Gasteiger partial charge is 0.465 e. The highest BCUT2D eigenvalue weighted by molar-refractivity contribution is 7.90. The Labute approximate surface area is 226 Å². The second-order valence-electron chi connectivity index (χ2n) is 10.3. The highest BCUT2D eigenvalue weighted by Gasteiger charge is 2.27. The highest BCUT2D eigenvalue weighted by Crippen LogP contribution is 2.26. The molecule has 2 heterocycles. The number of nitrogens with one attached hydrogen (secondary N) is 2. The lowest BCUT2D eigenvalue weighted by Gasteiger charge is -2.17. The number of benzene rings is 2. The van der Waals surface area contributed by atoms with Crippen molar-refractivity contribution in [2.24, 2.45) is 5.41 Å². The van der Waals surface area contributed by atoms with Crippen molar-refractivity contribution in [3.63, 3.8) is 0 Å². The van der Waals surface area contributed by atoms with Gasteiger partial charge in [0.05, 0.1) is 23.0 Å². The fraction of sp³-hybridized carbons (Fsp3) is 0.286. The SMILES string of the molecule is COC(=O)c1ccc(CCc2cc3c(=O)[nH]c(NC(=O)C(C)(C)C)nc3n2S(=O)(=O)c2ccc(C)cc2)cc1. The number of amides is 1. The Hall–Kier alpha value is -4.25. The number of carbonyl (C=O) groups excluding carboxylic acids is 2. The van der Waals surface area contributed by atoms with Crippen molar-refractivity contribution in [3.05, 3.63) is 87.3 Å². The number of fused-ring (bicyclic) bond motifs is 1. The molecule has 0 saturated heterocycles. The Morgan fingerprint density at radius 3 is 2.26 bits per heavy atom. The maximum atomic E-state index is 13.9. The molecule has 0 saturated carbocycles. The molecule has 0 radical (unpaired) electrons. The minimum atomic E-state index is -4.16. The first kappa shape index (κ1) is 27.8. The lowest BCUT2D eigenvalue weighted by Crippen LogP contribution is -2.29. The summed E-state index contributed by atoms with van der Waals surface area (Å²) in [5.74, 6) is -0.985. The molecule has 1 amide bonds. The topological polar surface area (TPSA) is 140 Å². The number of esters is 1. The number of carbonyl (C=O) groups is 2. The second kappa shape index (κ2) is 10.5. The van der Waals surface area contributed by atoms with Gasteiger partial charge in [-0.15, -0.1) is 0 Å². The Kier molecular flexibility index (Phi) is 7.47. The molecule has 39 heavy (non-hydrogen) atoms. The van der Waals surface area contributed by atoms with E-state index in [1.165, 1.54) is 25.3 Å². The Bertz CT molecular complexity index is 1710. The number of nitrogens with zero attached hydrogens (tertiary/aromatic N) is 2. The first-order chi connectivity index (χ1) is 18.3. The van der Waals surface area contributed by atoms with E-state index in [0.29, 0.717) is 17.7 Å². The summed E-state index contributed by atoms with van der Waals surface area (Å²) in [7, 11) is -2.85. The Morgan fingerprint density at radius 2 is 1.67 bits per heavy atom. The van der Waals surface area contributed by atoms with Crippen LogP contribution in [0.5, 0.6) is 0 Å². The monoisotopic (exact) mass is 550 g/mol. The van der Waals surface area contributed by atoms with Gasteiger partial charge in [0.25, 0.3) is 15.6 Å². The lowest BCUT2D eigenvalue weighted by molar-refractivity contribution is -0.123. The molecule has 0 spiro atoms. The van der Waals surface area contributed by atoms with Crippen LogP contribution in [0.1, 0.15) is 48.0 Å². The van der Waals surface area contributed by atoms with Crippen molar-refractivity contribution in [1.29, 1.82) is 0 Å². The predicted octanol–water partition coefficient (Wildman–Crippen LogP) is 3.83. The number of H-pyrrole nitrogens is 1. The van der Waals surface area contributed by atoms with Gasteiger partial charge in [-0.2, -0.15) is 4.98 Å². The maximum Gasteiger partial charge on any atom is 0.337 e. The quantitative estimate of drug-likeness (QED) is 0.333. The van der Waals surface area contributed by atoms with Crippen LogP contribution in [0.4, 0.5) is 5.95 Å². The molecule has 2 aromatic carbocycles. The van der Waals surface area contributed by atoms with Gasteiger partial charge in [0, 0.05) is 11.1 Å². The summed E-state index contributed by atoms with van der Waals surface area (Å²) in [5.41, 5.74) is 1.07. The van der Waals surface area contributed by atoms with Crippen LogP contribution in [0.25, 0.3) is 11.0 Å². The molecule has 10 nitrogen and oxygen atoms in total. The normalized spacial score (nSPS) is 11.9. The van der Waals surface area contributed by atoms with Gasteiger partial charge in [0.15, 0.2) is 5.65 Å². The minimum absolute atomic E-state index is 0.0386. The first-order valence-electron chi connectivity index (χ1n) is 12.3. The molecule has 2 N–H and O–H groups in total. The number of ether oxygens (including phenoxy) is 1. The van der Waals surface area contributed by atoms with E-state index in [4.69, 9.17) is 4.74 Å². The van der Waals surface area contributed by atoms with Gasteiger partial charge < -0.3 is 4.74 Å². The molecule has 0 fully saturated rings. The van der Waals surface area contributed by atoms with E-state index in [9.17, 15) is 22.8 Å². The van der Waals surface area contributed by atoms with Crippen LogP contribution in [0, 0.1) is 12.3 Å². The maximum absolute atomic E-state index is 13.9. The van der Waals surface area contributed by atoms with Crippen LogP contribution < -0.4 is 10.9 Å². The van der Waals surface area contributed by atoms with Gasteiger partial charge in [-0.3, -0.25) is 19.9 Å². The average Bonchev–Trinajstić information content (AvgIpc) is 3.26. The minimum Gasteiger partial charge on any atom is -0.465 e. The summed E-state index contributed by atoms with van der Waals surface area (Å²) in [6.45, 7) is 6.97. The number of rotatable bonds is 7. The lowest BCUT2D eigenvalue weighted by atomic mass is 9.96. The summed E-state index contributed by atoms with van der Waals surface area (Å²) in [5, 5.41) is 2.65. The number of methoxy groups -OCH3 is 1. The standard InChI is InChI=1S/C28H30N4O6S/c1-17-6-14-21(15-7-17)39(36,37)32-20(13-10-18-8-11-19(12-9-18)25(34)38-5)16-22-23(32)29-27(30-24(22)33)31-26(35)28(2,3)4/h6-9,11-12,14-16H,10,13H2,1-5H3,(H2,29,30,31,33,35). The number of anilines is 1. The van der Waals surface area contributed by atoms with Gasteiger partial charge in [0.2, 0.25) is 11.9 Å². The van der Waals surface area contributed by atoms with Crippen molar-refractivity contribution >= 4 is 38.9 Å². The van der Waals surface area contributed by atoms with E-state index in [1.54, 1.807) is 57.2 Å². The number of hydrogen-bond donors (Lipinski definition) is 2. The smallest absolute Gasteiger partial charge is 0.337 e. The molecule has 11 heteroatoms. The number of aromatic nitrogens is 3. The van der Waals surface area contributed by atoms with E-state index in [1.807, 2.05) is 6.92 Å². The summed E-state index contributed by atoms with van der Waals surface area (Å²) < 4.78 is 33.6. The van der Waals surface area contributed by atoms with Gasteiger partial charge in [0.1, 0.15) is 0 Å². The third-order valence-corrected chi connectivity index (χ3v) is 7.97. The van der Waals surface area contributed by atoms with Crippen molar-refractivity contribution < 1.29 is 22.7 Å². The molecule has 0 aliphatic carbocycles. The number of hydrogen-bond acceptors (Lipinski definition) is 7. The zero-order valence-corrected chi connectivity index (χ0v) is 23.2. The fourth-order valence-corrected chi connectivity index (χ4v) is 5.44. The van der Waals surface area contributed by atoms with E-state index in [2.05, 4.69) is 15.3 Å². The second-order valence-corrected chi connectivity index (χ2v) is 12.0. The summed E-state index contributed by atoms with van der Waals surface area (Å²) in [6, 6.07) is 14.7. The van der Waals surface area contributed by atoms with Gasteiger partial charge in [-0.05, 0) is 55.7 Å². The van der Waals surface area contributed by atoms with Crippen LogP contribution >= 0.6 is 0 Å². The number of aryl methyl sites for hydroxylation is 3. The van der Waals surface area contributed by atoms with Crippen molar-refractivity contribution in [1.82, 2.24) is 13.9 Å². The van der Waals surface area contributed by atoms with Gasteiger partial charge in [-0.1, -0.05) is 50.6 Å². The van der Waals surface area contributed by atoms with Crippen molar-refractivity contribution in [2.45, 2.75) is 45.4 Å². The van der Waals surface area contributed by atoms with E-state index < -0.39 is 27.0 Å². The molecule has 0 atom stereocenters. The zero-order chi connectivity index (χ0) is 28.5. The van der Waals surface area contributed by atoms with Crippen molar-refractivity contribution in [2.75, 3.05) is 12.4 Å². The summed E-state index contributed by atoms with van der Waals surface area (Å²) >= 11 is 0. The molecular formula is C28H30N4O6S. The molecule has 2 aromatic heterocycles. The highest BCUT2D eigenvalue weighted by atomic mass is 32.2. The van der Waals surface area contributed by atoms with Gasteiger partial charge in [-0.25, -0.2) is 17.2 Å². The van der Waals surface area contributed by atoms with Crippen LogP contribution in [-0.2, 0) is 32.4 Å². The zero-order valence-electron chi connectivity index (χ0n) is 22.4. The number of aromatic amines is 1. The summed E-state index contributed by atoms with van der Waals surface area (Å²) in [6.07, 6.45) is 0.675. The first-order valence-corrected chi connectivity index (χ1v) is 13.7. The third-order valence-electron chi connectivity index (χ3n) is 6.22. The molecule has 0 aliphatic heterocycles. The van der Waals surface area contributed by atoms with E-state index in [-0.39, 0.29) is 34.2 Å². The molecule has 0 unspecified atom stereocenters. The predicted molar refractivity (Wildman–Crippen MR) is 147 cm³/mol. The molecule has 0 bridgehead atoms. The van der Waals surface area contributed by atoms with Crippen molar-refractivity contribution in [3.8, 4) is 0 Å². The van der Waals surface area contributed by atoms with Crippen LogP contribution in [-0.4, -0.2) is 41.3 Å². The molecular weight excluding hydrogens is 520 g/mol. The fourth-order valence-electron chi connectivity index (χ4n) is 3.93. The Morgan fingerprint density at radius 1 is 1.03 bits per heavy atom. The van der Waals surface area contributed by atoms with Crippen LogP contribution in [0.2, 0.25) is 0 Å². The molecule has 4 aromatic rings. The van der Waals surface area contributed by atoms with Crippen LogP contribution in [0.15, 0.2) is 64.3 Å². The van der Waals surface area contributed by atoms with E-state index >= 15 is 0 Å². The van der Waals surface area contributed by atoms with E-state index in [0.717, 1.165) is 15.1 Å². The van der Waals surface area contributed by atoms with Crippen LogP contribution in [0.3, 0.4) is 0 Å². The third kappa shape index (κ3) is 5.78. The molecule has 4 rings (SSSR count). The average molecular weight is 551 g/mol. The molecule has 0 aliphatic rings.